The van der Waals surface area contributed by atoms with Crippen molar-refractivity contribution < 1.29 is 13.2 Å². The maximum Gasteiger partial charge on any atom is 0.253 e. The molecule has 8 heteroatoms. The first-order chi connectivity index (χ1) is 14.0. The highest BCUT2D eigenvalue weighted by atomic mass is 32.2. The van der Waals surface area contributed by atoms with Crippen LogP contribution in [0.1, 0.15) is 54.8 Å². The normalized spacial score (nSPS) is 20.9. The molecule has 2 aliphatic rings. The van der Waals surface area contributed by atoms with Crippen LogP contribution in [-0.4, -0.2) is 59.3 Å². The van der Waals surface area contributed by atoms with Gasteiger partial charge in [-0.3, -0.25) is 4.79 Å². The number of likely N-dealkylation sites (tertiary alicyclic amines) is 1. The molecule has 1 amide bonds. The SMILES string of the molecule is CCc1nccn1C1CCCN(C(=O)c2cccc(S(=O)(=O)N3CCCC3)c2)C1. The molecule has 0 spiro atoms. The van der Waals surface area contributed by atoms with E-state index in [0.29, 0.717) is 31.7 Å². The van der Waals surface area contributed by atoms with Crippen molar-refractivity contribution in [2.24, 2.45) is 0 Å². The maximum absolute atomic E-state index is 13.2. The van der Waals surface area contributed by atoms with Gasteiger partial charge >= 0.3 is 0 Å². The van der Waals surface area contributed by atoms with Gasteiger partial charge in [0.25, 0.3) is 5.91 Å². The number of benzene rings is 1. The van der Waals surface area contributed by atoms with Gasteiger partial charge in [-0.15, -0.1) is 0 Å². The van der Waals surface area contributed by atoms with E-state index in [1.165, 1.54) is 10.4 Å². The number of aromatic nitrogens is 2. The quantitative estimate of drug-likeness (QED) is 0.751. The van der Waals surface area contributed by atoms with Gasteiger partial charge in [0, 0.05) is 50.6 Å². The van der Waals surface area contributed by atoms with Gasteiger partial charge in [-0.05, 0) is 43.9 Å². The molecule has 1 aromatic heterocycles. The Hall–Kier alpha value is -2.19. The molecule has 1 unspecified atom stereocenters. The summed E-state index contributed by atoms with van der Waals surface area (Å²) in [5.41, 5.74) is 0.437. The van der Waals surface area contributed by atoms with Crippen LogP contribution >= 0.6 is 0 Å². The first kappa shape index (κ1) is 20.1. The van der Waals surface area contributed by atoms with E-state index < -0.39 is 10.0 Å². The topological polar surface area (TPSA) is 75.5 Å². The monoisotopic (exact) mass is 416 g/mol. The molecule has 29 heavy (non-hydrogen) atoms. The summed E-state index contributed by atoms with van der Waals surface area (Å²) in [7, 11) is -3.53. The smallest absolute Gasteiger partial charge is 0.253 e. The summed E-state index contributed by atoms with van der Waals surface area (Å²) in [6, 6.07) is 6.71. The molecule has 4 rings (SSSR count). The number of rotatable bonds is 5. The van der Waals surface area contributed by atoms with Crippen LogP contribution in [-0.2, 0) is 16.4 Å². The first-order valence-electron chi connectivity index (χ1n) is 10.4. The minimum absolute atomic E-state index is 0.105. The number of piperidine rings is 1. The molecule has 0 aliphatic carbocycles. The molecule has 0 saturated carbocycles. The van der Waals surface area contributed by atoms with Crippen LogP contribution in [0.3, 0.4) is 0 Å². The van der Waals surface area contributed by atoms with Gasteiger partial charge in [0.05, 0.1) is 10.9 Å². The summed E-state index contributed by atoms with van der Waals surface area (Å²) < 4.78 is 29.4. The van der Waals surface area contributed by atoms with Crippen molar-refractivity contribution in [3.63, 3.8) is 0 Å². The van der Waals surface area contributed by atoms with Gasteiger partial charge < -0.3 is 9.47 Å². The third kappa shape index (κ3) is 3.96. The average Bonchev–Trinajstić information content (AvgIpc) is 3.45. The van der Waals surface area contributed by atoms with Crippen molar-refractivity contribution in [2.75, 3.05) is 26.2 Å². The third-order valence-corrected chi connectivity index (χ3v) is 7.82. The Morgan fingerprint density at radius 3 is 2.72 bits per heavy atom. The Kier molecular flexibility index (Phi) is 5.74. The zero-order valence-electron chi connectivity index (χ0n) is 16.8. The van der Waals surface area contributed by atoms with Gasteiger partial charge in [0.15, 0.2) is 0 Å². The third-order valence-electron chi connectivity index (χ3n) is 5.93. The van der Waals surface area contributed by atoms with Gasteiger partial charge in [-0.2, -0.15) is 4.31 Å². The van der Waals surface area contributed by atoms with E-state index in [2.05, 4.69) is 16.5 Å². The lowest BCUT2D eigenvalue weighted by Crippen LogP contribution is -2.41. The van der Waals surface area contributed by atoms with Gasteiger partial charge in [-0.25, -0.2) is 13.4 Å². The molecule has 1 aromatic carbocycles. The molecule has 0 radical (unpaired) electrons. The Morgan fingerprint density at radius 2 is 1.97 bits per heavy atom. The summed E-state index contributed by atoms with van der Waals surface area (Å²) in [6.45, 7) is 4.49. The lowest BCUT2D eigenvalue weighted by atomic mass is 10.0. The average molecular weight is 417 g/mol. The molecule has 3 heterocycles. The lowest BCUT2D eigenvalue weighted by molar-refractivity contribution is 0.0677. The van der Waals surface area contributed by atoms with Crippen LogP contribution in [0.4, 0.5) is 0 Å². The second-order valence-corrected chi connectivity index (χ2v) is 9.73. The minimum Gasteiger partial charge on any atom is -0.337 e. The summed E-state index contributed by atoms with van der Waals surface area (Å²) in [5.74, 6) is 0.925. The molecule has 2 aromatic rings. The molecular formula is C21H28N4O3S. The molecule has 2 fully saturated rings. The van der Waals surface area contributed by atoms with Crippen LogP contribution in [0, 0.1) is 0 Å². The molecule has 0 bridgehead atoms. The number of hydrogen-bond donors (Lipinski definition) is 0. The van der Waals surface area contributed by atoms with E-state index in [9.17, 15) is 13.2 Å². The van der Waals surface area contributed by atoms with Crippen LogP contribution in [0.15, 0.2) is 41.6 Å². The summed E-state index contributed by atoms with van der Waals surface area (Å²) >= 11 is 0. The Labute approximate surface area is 172 Å². The van der Waals surface area contributed by atoms with Crippen molar-refractivity contribution in [1.29, 1.82) is 0 Å². The number of hydrogen-bond acceptors (Lipinski definition) is 4. The highest BCUT2D eigenvalue weighted by Gasteiger charge is 2.30. The maximum atomic E-state index is 13.2. The highest BCUT2D eigenvalue weighted by molar-refractivity contribution is 7.89. The van der Waals surface area contributed by atoms with E-state index in [-0.39, 0.29) is 16.8 Å². The van der Waals surface area contributed by atoms with Crippen molar-refractivity contribution in [3.05, 3.63) is 48.0 Å². The van der Waals surface area contributed by atoms with Gasteiger partial charge in [0.2, 0.25) is 10.0 Å². The Morgan fingerprint density at radius 1 is 1.17 bits per heavy atom. The molecule has 156 valence electrons. The van der Waals surface area contributed by atoms with E-state index >= 15 is 0 Å². The van der Waals surface area contributed by atoms with Crippen LogP contribution in [0.25, 0.3) is 0 Å². The van der Waals surface area contributed by atoms with Crippen LogP contribution in [0.2, 0.25) is 0 Å². The second-order valence-electron chi connectivity index (χ2n) is 7.79. The number of sulfonamides is 1. The molecule has 2 aliphatic heterocycles. The fraction of sp³-hybridized carbons (Fsp3) is 0.524. The van der Waals surface area contributed by atoms with Crippen molar-refractivity contribution in [1.82, 2.24) is 18.8 Å². The van der Waals surface area contributed by atoms with Gasteiger partial charge in [0.1, 0.15) is 5.82 Å². The fourth-order valence-corrected chi connectivity index (χ4v) is 5.93. The minimum atomic E-state index is -3.53. The van der Waals surface area contributed by atoms with Gasteiger partial charge in [-0.1, -0.05) is 13.0 Å². The van der Waals surface area contributed by atoms with Crippen molar-refractivity contribution in [2.45, 2.75) is 50.0 Å². The molecule has 2 saturated heterocycles. The number of nitrogens with zero attached hydrogens (tertiary/aromatic N) is 4. The number of aryl methyl sites for hydroxylation is 1. The zero-order valence-corrected chi connectivity index (χ0v) is 17.6. The lowest BCUT2D eigenvalue weighted by Gasteiger charge is -2.34. The molecule has 7 nitrogen and oxygen atoms in total. The summed E-state index contributed by atoms with van der Waals surface area (Å²) in [5, 5.41) is 0. The number of amides is 1. The second kappa shape index (κ2) is 8.28. The zero-order chi connectivity index (χ0) is 20.4. The van der Waals surface area contributed by atoms with Crippen molar-refractivity contribution >= 4 is 15.9 Å². The summed E-state index contributed by atoms with van der Waals surface area (Å²) in [6.07, 6.45) is 8.36. The van der Waals surface area contributed by atoms with Crippen LogP contribution in [0.5, 0.6) is 0 Å². The number of carbonyl (C=O) groups excluding carboxylic acids is 1. The number of imidazole rings is 1. The number of carbonyl (C=O) groups is 1. The largest absolute Gasteiger partial charge is 0.337 e. The van der Waals surface area contributed by atoms with Crippen LogP contribution < -0.4 is 0 Å². The Balaban J connectivity index is 1.53. The van der Waals surface area contributed by atoms with Crippen molar-refractivity contribution in [3.8, 4) is 0 Å². The van der Waals surface area contributed by atoms with E-state index in [1.54, 1.807) is 18.2 Å². The Bertz CT molecular complexity index is 979. The first-order valence-corrected chi connectivity index (χ1v) is 11.9. The molecule has 1 atom stereocenters. The molecule has 0 N–H and O–H groups in total. The predicted octanol–water partition coefficient (Wildman–Crippen LogP) is 2.71. The van der Waals surface area contributed by atoms with E-state index in [0.717, 1.165) is 37.9 Å². The van der Waals surface area contributed by atoms with E-state index in [1.807, 2.05) is 17.3 Å². The van der Waals surface area contributed by atoms with E-state index in [4.69, 9.17) is 0 Å². The molecular weight excluding hydrogens is 388 g/mol. The summed E-state index contributed by atoms with van der Waals surface area (Å²) in [4.78, 5) is 19.6. The standard InChI is InChI=1S/C21H28N4O3S/c1-2-20-22-10-14-25(20)18-8-6-11-23(16-18)21(26)17-7-5-9-19(15-17)29(27,28)24-12-3-4-13-24/h5,7,9-10,14-15,18H,2-4,6,8,11-13,16H2,1H3. The highest BCUT2D eigenvalue weighted by Crippen LogP contribution is 2.26. The predicted molar refractivity (Wildman–Crippen MR) is 110 cm³/mol. The fourth-order valence-electron chi connectivity index (χ4n) is 4.37.